The van der Waals surface area contributed by atoms with Crippen LogP contribution in [-0.4, -0.2) is 29.0 Å². The lowest BCUT2D eigenvalue weighted by atomic mass is 10.2. The van der Waals surface area contributed by atoms with Gasteiger partial charge in [0, 0.05) is 13.6 Å². The third-order valence-electron chi connectivity index (χ3n) is 2.31. The van der Waals surface area contributed by atoms with Crippen LogP contribution in [0.1, 0.15) is 11.4 Å². The third kappa shape index (κ3) is 1.89. The van der Waals surface area contributed by atoms with Gasteiger partial charge in [-0.15, -0.1) is 0 Å². The van der Waals surface area contributed by atoms with Crippen molar-refractivity contribution in [1.82, 2.24) is 15.1 Å². The van der Waals surface area contributed by atoms with E-state index in [-0.39, 0.29) is 0 Å². The highest BCUT2D eigenvalue weighted by molar-refractivity contribution is 5.08. The van der Waals surface area contributed by atoms with Crippen LogP contribution >= 0.6 is 0 Å². The molecule has 2 rings (SSSR count). The number of nitrogens with one attached hydrogen (secondary N) is 1. The molecule has 72 valence electrons. The van der Waals surface area contributed by atoms with Crippen LogP contribution in [0.25, 0.3) is 0 Å². The maximum absolute atomic E-state index is 5.07. The maximum atomic E-state index is 5.07. The molecular formula is C9H15N3O. The fraction of sp³-hybridized carbons (Fsp3) is 0.667. The van der Waals surface area contributed by atoms with Gasteiger partial charge in [0.25, 0.3) is 0 Å². The second-order valence-electron chi connectivity index (χ2n) is 3.52. The number of nitrogens with zero attached hydrogens (tertiary/aromatic N) is 2. The second kappa shape index (κ2) is 3.47. The first-order chi connectivity index (χ1) is 6.25. The van der Waals surface area contributed by atoms with Gasteiger partial charge in [-0.2, -0.15) is 5.10 Å². The Hall–Kier alpha value is -0.870. The van der Waals surface area contributed by atoms with Crippen molar-refractivity contribution < 1.29 is 4.74 Å². The first-order valence-electron chi connectivity index (χ1n) is 4.56. The molecule has 0 saturated carbocycles. The van der Waals surface area contributed by atoms with Crippen molar-refractivity contribution in [3.05, 3.63) is 17.5 Å². The summed E-state index contributed by atoms with van der Waals surface area (Å²) in [4.78, 5) is 0. The number of aryl methyl sites for hydroxylation is 2. The van der Waals surface area contributed by atoms with Crippen molar-refractivity contribution in [3.8, 4) is 0 Å². The molecule has 1 aliphatic heterocycles. The van der Waals surface area contributed by atoms with Crippen molar-refractivity contribution in [2.75, 3.05) is 13.2 Å². The minimum Gasteiger partial charge on any atom is -0.378 e. The Bertz CT molecular complexity index is 291. The molecule has 13 heavy (non-hydrogen) atoms. The van der Waals surface area contributed by atoms with Crippen LogP contribution in [0.3, 0.4) is 0 Å². The van der Waals surface area contributed by atoms with Crippen LogP contribution in [-0.2, 0) is 18.3 Å². The summed E-state index contributed by atoms with van der Waals surface area (Å²) in [5.74, 6) is 0. The Labute approximate surface area is 77.9 Å². The fourth-order valence-electron chi connectivity index (χ4n) is 1.43. The summed E-state index contributed by atoms with van der Waals surface area (Å²) in [5.41, 5.74) is 2.30. The van der Waals surface area contributed by atoms with Crippen LogP contribution < -0.4 is 5.32 Å². The van der Waals surface area contributed by atoms with Crippen LogP contribution in [0.15, 0.2) is 6.07 Å². The molecule has 1 aromatic rings. The van der Waals surface area contributed by atoms with E-state index in [1.165, 1.54) is 5.69 Å². The van der Waals surface area contributed by atoms with Crippen molar-refractivity contribution in [3.63, 3.8) is 0 Å². The highest BCUT2D eigenvalue weighted by Crippen LogP contribution is 2.04. The summed E-state index contributed by atoms with van der Waals surface area (Å²) in [6.07, 6.45) is 0. The summed E-state index contributed by atoms with van der Waals surface area (Å²) < 4.78 is 6.99. The van der Waals surface area contributed by atoms with Gasteiger partial charge in [0.15, 0.2) is 0 Å². The van der Waals surface area contributed by atoms with Crippen molar-refractivity contribution >= 4 is 0 Å². The Morgan fingerprint density at radius 2 is 2.46 bits per heavy atom. The van der Waals surface area contributed by atoms with Gasteiger partial charge in [-0.3, -0.25) is 4.68 Å². The van der Waals surface area contributed by atoms with Crippen molar-refractivity contribution in [1.29, 1.82) is 0 Å². The van der Waals surface area contributed by atoms with E-state index in [4.69, 9.17) is 4.74 Å². The van der Waals surface area contributed by atoms with E-state index in [0.717, 1.165) is 25.5 Å². The molecule has 4 heteroatoms. The Morgan fingerprint density at radius 3 is 2.92 bits per heavy atom. The molecule has 1 fully saturated rings. The minimum atomic E-state index is 0.537. The third-order valence-corrected chi connectivity index (χ3v) is 2.31. The standard InChI is InChI=1S/C9H15N3O/c1-7-3-9(12(2)11-7)4-10-8-5-13-6-8/h3,8,10H,4-6H2,1-2H3. The van der Waals surface area contributed by atoms with Gasteiger partial charge in [-0.25, -0.2) is 0 Å². The first kappa shape index (κ1) is 8.72. The van der Waals surface area contributed by atoms with Crippen LogP contribution in [0, 0.1) is 6.92 Å². The molecular weight excluding hydrogens is 166 g/mol. The lowest BCUT2D eigenvalue weighted by Crippen LogP contribution is -2.45. The largest absolute Gasteiger partial charge is 0.378 e. The van der Waals surface area contributed by atoms with Crippen molar-refractivity contribution in [2.24, 2.45) is 7.05 Å². The zero-order valence-corrected chi connectivity index (χ0v) is 8.08. The molecule has 0 atom stereocenters. The molecule has 4 nitrogen and oxygen atoms in total. The molecule has 0 spiro atoms. The molecule has 0 radical (unpaired) electrons. The number of hydrogen-bond acceptors (Lipinski definition) is 3. The zero-order chi connectivity index (χ0) is 9.26. The monoisotopic (exact) mass is 181 g/mol. The summed E-state index contributed by atoms with van der Waals surface area (Å²) in [5, 5.41) is 7.68. The van der Waals surface area contributed by atoms with Crippen LogP contribution in [0.5, 0.6) is 0 Å². The van der Waals surface area contributed by atoms with Gasteiger partial charge in [-0.1, -0.05) is 0 Å². The second-order valence-corrected chi connectivity index (χ2v) is 3.52. The SMILES string of the molecule is Cc1cc(CNC2COC2)n(C)n1. The van der Waals surface area contributed by atoms with E-state index >= 15 is 0 Å². The van der Waals surface area contributed by atoms with Gasteiger partial charge in [0.05, 0.1) is 30.6 Å². The molecule has 0 amide bonds. The van der Waals surface area contributed by atoms with E-state index in [1.54, 1.807) is 0 Å². The molecule has 1 aromatic heterocycles. The van der Waals surface area contributed by atoms with Gasteiger partial charge in [0.2, 0.25) is 0 Å². The van der Waals surface area contributed by atoms with Gasteiger partial charge < -0.3 is 10.1 Å². The highest BCUT2D eigenvalue weighted by atomic mass is 16.5. The summed E-state index contributed by atoms with van der Waals surface area (Å²) in [7, 11) is 1.97. The van der Waals surface area contributed by atoms with E-state index in [9.17, 15) is 0 Å². The topological polar surface area (TPSA) is 39.1 Å². The molecule has 0 unspecified atom stereocenters. The Balaban J connectivity index is 1.89. The van der Waals surface area contributed by atoms with Gasteiger partial charge in [-0.05, 0) is 13.0 Å². The van der Waals surface area contributed by atoms with Crippen LogP contribution in [0.4, 0.5) is 0 Å². The molecule has 0 aliphatic carbocycles. The minimum absolute atomic E-state index is 0.537. The average Bonchev–Trinajstić information content (AvgIpc) is 2.27. The van der Waals surface area contributed by atoms with Crippen molar-refractivity contribution in [2.45, 2.75) is 19.5 Å². The van der Waals surface area contributed by atoms with Gasteiger partial charge >= 0.3 is 0 Å². The first-order valence-corrected chi connectivity index (χ1v) is 4.56. The molecule has 1 aliphatic rings. The predicted molar refractivity (Wildman–Crippen MR) is 49.4 cm³/mol. The summed E-state index contributed by atoms with van der Waals surface area (Å²) in [6, 6.07) is 2.64. The van der Waals surface area contributed by atoms with E-state index in [2.05, 4.69) is 16.5 Å². The number of hydrogen-bond donors (Lipinski definition) is 1. The highest BCUT2D eigenvalue weighted by Gasteiger charge is 2.17. The quantitative estimate of drug-likeness (QED) is 0.725. The van der Waals surface area contributed by atoms with Gasteiger partial charge in [0.1, 0.15) is 0 Å². The average molecular weight is 181 g/mol. The Kier molecular flexibility index (Phi) is 2.33. The van der Waals surface area contributed by atoms with Crippen LogP contribution in [0.2, 0.25) is 0 Å². The lowest BCUT2D eigenvalue weighted by Gasteiger charge is -2.26. The predicted octanol–water partition coefficient (Wildman–Crippen LogP) is 0.217. The maximum Gasteiger partial charge on any atom is 0.0643 e. The fourth-order valence-corrected chi connectivity index (χ4v) is 1.43. The summed E-state index contributed by atoms with van der Waals surface area (Å²) >= 11 is 0. The number of ether oxygens (including phenoxy) is 1. The lowest BCUT2D eigenvalue weighted by molar-refractivity contribution is -0.00601. The summed E-state index contributed by atoms with van der Waals surface area (Å²) in [6.45, 7) is 4.58. The van der Waals surface area contributed by atoms with E-state index < -0.39 is 0 Å². The van der Waals surface area contributed by atoms with E-state index in [0.29, 0.717) is 6.04 Å². The molecule has 1 N–H and O–H groups in total. The zero-order valence-electron chi connectivity index (χ0n) is 8.08. The normalized spacial score (nSPS) is 17.4. The van der Waals surface area contributed by atoms with E-state index in [1.807, 2.05) is 18.7 Å². The Morgan fingerprint density at radius 1 is 1.69 bits per heavy atom. The molecule has 2 heterocycles. The molecule has 0 bridgehead atoms. The number of rotatable bonds is 3. The molecule has 0 aromatic carbocycles. The molecule has 1 saturated heterocycles. The smallest absolute Gasteiger partial charge is 0.0643 e. The number of aromatic nitrogens is 2.